The van der Waals surface area contributed by atoms with Gasteiger partial charge < -0.3 is 5.11 Å². The highest BCUT2D eigenvalue weighted by Crippen LogP contribution is 2.46. The van der Waals surface area contributed by atoms with Crippen molar-refractivity contribution in [2.45, 2.75) is 18.0 Å². The largest absolute Gasteiger partial charge is 0.853 e. The van der Waals surface area contributed by atoms with Gasteiger partial charge in [-0.25, -0.2) is 0 Å². The van der Waals surface area contributed by atoms with E-state index in [1.165, 1.54) is 6.07 Å². The van der Waals surface area contributed by atoms with Crippen molar-refractivity contribution in [2.75, 3.05) is 0 Å². The van der Waals surface area contributed by atoms with Gasteiger partial charge in [0.15, 0.2) is 0 Å². The molecule has 106 valence electrons. The van der Waals surface area contributed by atoms with Gasteiger partial charge >= 0.3 is 18.0 Å². The van der Waals surface area contributed by atoms with E-state index in [2.05, 4.69) is 10.2 Å². The van der Waals surface area contributed by atoms with Crippen LogP contribution in [0.5, 0.6) is 0 Å². The molecule has 0 radical (unpaired) electrons. The van der Waals surface area contributed by atoms with E-state index in [1.54, 1.807) is 0 Å². The van der Waals surface area contributed by atoms with Crippen molar-refractivity contribution >= 4 is 5.90 Å². The predicted molar refractivity (Wildman–Crippen MR) is 43.2 cm³/mol. The van der Waals surface area contributed by atoms with Crippen LogP contribution in [-0.2, 0) is 0 Å². The van der Waals surface area contributed by atoms with Crippen molar-refractivity contribution in [1.29, 1.82) is 0 Å². The Kier molecular flexibility index (Phi) is 3.68. The third-order valence-electron chi connectivity index (χ3n) is 1.81. The number of alkyl halides is 7. The lowest BCUT2D eigenvalue weighted by molar-refractivity contribution is -0.740. The zero-order valence-corrected chi connectivity index (χ0v) is 8.71. The lowest BCUT2D eigenvalue weighted by atomic mass is 10.1. The van der Waals surface area contributed by atoms with E-state index in [1.807, 2.05) is 0 Å². The normalized spacial score (nSPS) is 14.6. The smallest absolute Gasteiger partial charge is 0.460 e. The molecule has 0 atom stereocenters. The molecule has 0 fully saturated rings. The molecule has 0 N–H and O–H groups in total. The monoisotopic (exact) mass is 291 g/mol. The average Bonchev–Trinajstić information content (AvgIpc) is 2.28. The Labute approximate surface area is 100 Å². The molecule has 0 bridgehead atoms. The zero-order chi connectivity index (χ0) is 14.9. The van der Waals surface area contributed by atoms with Gasteiger partial charge in [0.05, 0.1) is 11.0 Å². The first-order chi connectivity index (χ1) is 8.50. The summed E-state index contributed by atoms with van der Waals surface area (Å²) < 4.78 is 85.9. The maximum absolute atomic E-state index is 12.8. The summed E-state index contributed by atoms with van der Waals surface area (Å²) in [6.07, 6.45) is -4.83. The number of hydrogen-bond acceptors (Lipinski definition) is 3. The first-order valence-electron chi connectivity index (χ1n) is 4.42. The molecular formula is C8H4F7N3O. The first kappa shape index (κ1) is 15.1. The molecule has 11 heteroatoms. The van der Waals surface area contributed by atoms with Crippen LogP contribution in [0.4, 0.5) is 30.7 Å². The summed E-state index contributed by atoms with van der Waals surface area (Å²) in [5.41, 5.74) is 0. The lowest BCUT2D eigenvalue weighted by Gasteiger charge is -2.29. The van der Waals surface area contributed by atoms with Crippen LogP contribution in [0.2, 0.25) is 0 Å². The molecule has 0 saturated carbocycles. The average molecular weight is 291 g/mol. The van der Waals surface area contributed by atoms with Crippen molar-refractivity contribution in [3.05, 3.63) is 24.5 Å². The number of halogens is 7. The van der Waals surface area contributed by atoms with Crippen molar-refractivity contribution in [3.8, 4) is 0 Å². The standard InChI is InChI=1S/C8H4F7N3O/c9-6(10,7(11,12)8(13,14)15)5(19)17-18-4-2-1-3-16-18/h1-4H. The van der Waals surface area contributed by atoms with Gasteiger partial charge in [-0.15, -0.1) is 0 Å². The van der Waals surface area contributed by atoms with Crippen molar-refractivity contribution < 1.29 is 40.6 Å². The van der Waals surface area contributed by atoms with Crippen LogP contribution in [-0.4, -0.2) is 29.0 Å². The molecule has 0 aliphatic heterocycles. The van der Waals surface area contributed by atoms with Gasteiger partial charge in [-0.1, -0.05) is 0 Å². The Morgan fingerprint density at radius 3 is 2.05 bits per heavy atom. The summed E-state index contributed by atoms with van der Waals surface area (Å²) >= 11 is 0. The lowest BCUT2D eigenvalue weighted by Crippen LogP contribution is -2.60. The van der Waals surface area contributed by atoms with Gasteiger partial charge in [-0.2, -0.15) is 30.7 Å². The predicted octanol–water partition coefficient (Wildman–Crippen LogP) is 0.724. The van der Waals surface area contributed by atoms with Crippen molar-refractivity contribution in [1.82, 2.24) is 5.10 Å². The highest BCUT2D eigenvalue weighted by molar-refractivity contribution is 5.80. The third kappa shape index (κ3) is 2.74. The molecule has 0 unspecified atom stereocenters. The third-order valence-corrected chi connectivity index (χ3v) is 1.81. The minimum absolute atomic E-state index is 0.142. The summed E-state index contributed by atoms with van der Waals surface area (Å²) in [6.45, 7) is 0. The van der Waals surface area contributed by atoms with Gasteiger partial charge in [-0.05, 0) is 6.07 Å². The van der Waals surface area contributed by atoms with Crippen LogP contribution in [0.25, 0.3) is 0 Å². The van der Waals surface area contributed by atoms with Crippen LogP contribution in [0.1, 0.15) is 0 Å². The van der Waals surface area contributed by atoms with E-state index in [0.29, 0.717) is 0 Å². The second-order valence-corrected chi connectivity index (χ2v) is 3.17. The molecule has 0 spiro atoms. The molecule has 1 aromatic heterocycles. The zero-order valence-electron chi connectivity index (χ0n) is 8.71. The fourth-order valence-electron chi connectivity index (χ4n) is 0.849. The minimum atomic E-state index is -6.59. The van der Waals surface area contributed by atoms with Crippen LogP contribution >= 0.6 is 0 Å². The summed E-state index contributed by atoms with van der Waals surface area (Å²) in [6, 6.07) is 2.42. The van der Waals surface area contributed by atoms with Gasteiger partial charge in [-0.3, -0.25) is 0 Å². The summed E-state index contributed by atoms with van der Waals surface area (Å²) in [5, 5.41) is 16.3. The number of hydrogen-bond donors (Lipinski definition) is 0. The second kappa shape index (κ2) is 4.63. The minimum Gasteiger partial charge on any atom is -0.853 e. The fourth-order valence-corrected chi connectivity index (χ4v) is 0.849. The number of aromatic nitrogens is 2. The van der Waals surface area contributed by atoms with Crippen LogP contribution in [0.15, 0.2) is 29.6 Å². The van der Waals surface area contributed by atoms with Crippen molar-refractivity contribution in [2.24, 2.45) is 5.10 Å². The Bertz CT molecular complexity index is 471. The Balaban J connectivity index is 3.17. The molecule has 0 aromatic carbocycles. The fraction of sp³-hybridized carbons (Fsp3) is 0.375. The van der Waals surface area contributed by atoms with Gasteiger partial charge in [0, 0.05) is 16.3 Å². The van der Waals surface area contributed by atoms with E-state index < -0.39 is 23.9 Å². The summed E-state index contributed by atoms with van der Waals surface area (Å²) in [4.78, 5) is 0.142. The summed E-state index contributed by atoms with van der Waals surface area (Å²) in [5.74, 6) is -15.5. The highest BCUT2D eigenvalue weighted by atomic mass is 19.4. The maximum atomic E-state index is 12.8. The Morgan fingerprint density at radius 2 is 1.63 bits per heavy atom. The van der Waals surface area contributed by atoms with E-state index in [4.69, 9.17) is 0 Å². The maximum Gasteiger partial charge on any atom is 0.460 e. The molecule has 19 heavy (non-hydrogen) atoms. The molecule has 1 aromatic rings. The van der Waals surface area contributed by atoms with E-state index in [0.717, 1.165) is 18.5 Å². The molecule has 1 heterocycles. The topological polar surface area (TPSA) is 52.2 Å². The molecular weight excluding hydrogens is 287 g/mol. The second-order valence-electron chi connectivity index (χ2n) is 3.17. The highest BCUT2D eigenvalue weighted by Gasteiger charge is 2.73. The number of rotatable bonds is 3. The summed E-state index contributed by atoms with van der Waals surface area (Å²) in [7, 11) is 0. The quantitative estimate of drug-likeness (QED) is 0.357. The van der Waals surface area contributed by atoms with Crippen LogP contribution in [0, 0.1) is 0 Å². The molecule has 0 aliphatic rings. The van der Waals surface area contributed by atoms with Gasteiger partial charge in [0.1, 0.15) is 5.90 Å². The van der Waals surface area contributed by atoms with E-state index >= 15 is 0 Å². The molecule has 4 nitrogen and oxygen atoms in total. The first-order valence-corrected chi connectivity index (χ1v) is 4.42. The number of nitrogens with zero attached hydrogens (tertiary/aromatic N) is 3. The van der Waals surface area contributed by atoms with Gasteiger partial charge in [0.25, 0.3) is 0 Å². The Morgan fingerprint density at radius 1 is 1.05 bits per heavy atom. The SMILES string of the molecule is [O-]/C(=N/[n+]1ccccn1)C(F)(F)C(F)(F)C(F)(F)F. The molecule has 0 aliphatic carbocycles. The van der Waals surface area contributed by atoms with Crippen molar-refractivity contribution in [3.63, 3.8) is 0 Å². The molecule has 0 saturated heterocycles. The van der Waals surface area contributed by atoms with Gasteiger partial charge in [0.2, 0.25) is 6.20 Å². The van der Waals surface area contributed by atoms with Crippen LogP contribution in [0.3, 0.4) is 0 Å². The Hall–Kier alpha value is -1.94. The van der Waals surface area contributed by atoms with Crippen LogP contribution < -0.4 is 9.90 Å². The van der Waals surface area contributed by atoms with E-state index in [-0.39, 0.29) is 4.79 Å². The molecule has 0 amide bonds. The van der Waals surface area contributed by atoms with E-state index in [9.17, 15) is 35.8 Å². The molecule has 1 rings (SSSR count).